The first-order valence-corrected chi connectivity index (χ1v) is 1.52. The van der Waals surface area contributed by atoms with Crippen LogP contribution in [0.5, 0.6) is 0 Å². The summed E-state index contributed by atoms with van der Waals surface area (Å²) in [5, 5.41) is 6.53. The van der Waals surface area contributed by atoms with Crippen LogP contribution in [0.3, 0.4) is 0 Å². The van der Waals surface area contributed by atoms with Crippen LogP contribution in [-0.4, -0.2) is 12.9 Å². The average molecular weight is 82.1 g/mol. The molecular formula is C4H6N2. The SMILES string of the molecule is C=CC=NN=C. The number of rotatable bonds is 2. The predicted octanol–water partition coefficient (Wildman–Crippen LogP) is 0.859. The third kappa shape index (κ3) is 3.08. The van der Waals surface area contributed by atoms with Crippen molar-refractivity contribution in [2.24, 2.45) is 10.2 Å². The van der Waals surface area contributed by atoms with E-state index in [-0.39, 0.29) is 0 Å². The van der Waals surface area contributed by atoms with Crippen molar-refractivity contribution in [1.29, 1.82) is 0 Å². The molecule has 6 heavy (non-hydrogen) atoms. The minimum atomic E-state index is 1.47. The molecule has 0 aliphatic rings. The Morgan fingerprint density at radius 2 is 2.17 bits per heavy atom. The summed E-state index contributed by atoms with van der Waals surface area (Å²) in [5.41, 5.74) is 0. The molecular weight excluding hydrogens is 76.1 g/mol. The molecule has 0 saturated heterocycles. The number of hydrogen-bond acceptors (Lipinski definition) is 2. The second kappa shape index (κ2) is 4.08. The molecule has 0 aromatic rings. The van der Waals surface area contributed by atoms with Gasteiger partial charge in [-0.3, -0.25) is 0 Å². The first kappa shape index (κ1) is 5.08. The van der Waals surface area contributed by atoms with Crippen molar-refractivity contribution in [1.82, 2.24) is 0 Å². The van der Waals surface area contributed by atoms with Gasteiger partial charge in [-0.2, -0.15) is 10.2 Å². The summed E-state index contributed by atoms with van der Waals surface area (Å²) in [5.74, 6) is 0. The minimum Gasteiger partial charge on any atom is -0.167 e. The Kier molecular flexibility index (Phi) is 3.45. The smallest absolute Gasteiger partial charge is 0.0489 e. The molecule has 0 rings (SSSR count). The quantitative estimate of drug-likeness (QED) is 0.348. The van der Waals surface area contributed by atoms with Crippen molar-refractivity contribution in [3.63, 3.8) is 0 Å². The van der Waals surface area contributed by atoms with Gasteiger partial charge in [0.15, 0.2) is 0 Å². The van der Waals surface area contributed by atoms with Crippen LogP contribution < -0.4 is 0 Å². The predicted molar refractivity (Wildman–Crippen MR) is 28.2 cm³/mol. The van der Waals surface area contributed by atoms with Crippen molar-refractivity contribution in [2.75, 3.05) is 0 Å². The maximum atomic E-state index is 3.36. The zero-order valence-electron chi connectivity index (χ0n) is 3.46. The third-order valence-corrected chi connectivity index (χ3v) is 0.254. The third-order valence-electron chi connectivity index (χ3n) is 0.254. The van der Waals surface area contributed by atoms with Crippen LogP contribution in [0, 0.1) is 0 Å². The topological polar surface area (TPSA) is 24.7 Å². The lowest BCUT2D eigenvalue weighted by Gasteiger charge is -1.62. The zero-order chi connectivity index (χ0) is 4.83. The van der Waals surface area contributed by atoms with E-state index < -0.39 is 0 Å². The van der Waals surface area contributed by atoms with Crippen molar-refractivity contribution in [3.8, 4) is 0 Å². The highest BCUT2D eigenvalue weighted by Crippen LogP contribution is 1.59. The standard InChI is InChI=1S/C4H6N2/c1-3-4-6-5-2/h3-4H,1-2H2. The fraction of sp³-hybridized carbons (Fsp3) is 0. The normalized spacial score (nSPS) is 8.67. The highest BCUT2D eigenvalue weighted by atomic mass is 15.2. The number of nitrogens with zero attached hydrogens (tertiary/aromatic N) is 2. The summed E-state index contributed by atoms with van der Waals surface area (Å²) in [6, 6.07) is 0. The monoisotopic (exact) mass is 82.1 g/mol. The molecule has 0 N–H and O–H groups in total. The molecule has 0 bridgehead atoms. The highest BCUT2D eigenvalue weighted by Gasteiger charge is 1.47. The van der Waals surface area contributed by atoms with Crippen LogP contribution >= 0.6 is 0 Å². The summed E-state index contributed by atoms with van der Waals surface area (Å²) >= 11 is 0. The fourth-order valence-corrected chi connectivity index (χ4v) is 0.0943. The van der Waals surface area contributed by atoms with Crippen LogP contribution in [0.2, 0.25) is 0 Å². The van der Waals surface area contributed by atoms with E-state index in [1.165, 1.54) is 12.3 Å². The Hall–Kier alpha value is -0.920. The van der Waals surface area contributed by atoms with Crippen LogP contribution in [0.15, 0.2) is 22.9 Å². The molecule has 0 saturated carbocycles. The summed E-state index contributed by atoms with van der Waals surface area (Å²) in [6.07, 6.45) is 3.00. The molecule has 0 heterocycles. The lowest BCUT2D eigenvalue weighted by atomic mass is 10.7. The second-order valence-corrected chi connectivity index (χ2v) is 0.642. The van der Waals surface area contributed by atoms with Crippen LogP contribution in [0.25, 0.3) is 0 Å². The Bertz CT molecular complexity index is 63.6. The number of hydrogen-bond donors (Lipinski definition) is 0. The van der Waals surface area contributed by atoms with E-state index in [1.54, 1.807) is 0 Å². The molecule has 32 valence electrons. The highest BCUT2D eigenvalue weighted by molar-refractivity contribution is 5.69. The van der Waals surface area contributed by atoms with E-state index in [0.717, 1.165) is 0 Å². The maximum Gasteiger partial charge on any atom is 0.0489 e. The van der Waals surface area contributed by atoms with Gasteiger partial charge in [-0.15, -0.1) is 0 Å². The van der Waals surface area contributed by atoms with Crippen LogP contribution in [-0.2, 0) is 0 Å². The molecule has 0 aromatic heterocycles. The summed E-state index contributed by atoms with van der Waals surface area (Å²) < 4.78 is 0. The summed E-state index contributed by atoms with van der Waals surface area (Å²) in [6.45, 7) is 6.46. The Morgan fingerprint density at radius 3 is 2.33 bits per heavy atom. The van der Waals surface area contributed by atoms with Gasteiger partial charge in [0.1, 0.15) is 0 Å². The van der Waals surface area contributed by atoms with Gasteiger partial charge in [0.2, 0.25) is 0 Å². The molecule has 0 atom stereocenters. The first-order chi connectivity index (χ1) is 2.91. The average Bonchev–Trinajstić information content (AvgIpc) is 1.61. The van der Waals surface area contributed by atoms with E-state index in [2.05, 4.69) is 23.5 Å². The van der Waals surface area contributed by atoms with Crippen molar-refractivity contribution in [2.45, 2.75) is 0 Å². The van der Waals surface area contributed by atoms with Gasteiger partial charge in [-0.25, -0.2) is 0 Å². The molecule has 0 aliphatic carbocycles. The van der Waals surface area contributed by atoms with Gasteiger partial charge >= 0.3 is 0 Å². The molecule has 2 nitrogen and oxygen atoms in total. The first-order valence-electron chi connectivity index (χ1n) is 1.52. The molecule has 2 heteroatoms. The largest absolute Gasteiger partial charge is 0.167 e. The Labute approximate surface area is 36.9 Å². The van der Waals surface area contributed by atoms with Crippen molar-refractivity contribution < 1.29 is 0 Å². The summed E-state index contributed by atoms with van der Waals surface area (Å²) in [4.78, 5) is 0. The van der Waals surface area contributed by atoms with Gasteiger partial charge in [0.05, 0.1) is 0 Å². The van der Waals surface area contributed by atoms with Crippen molar-refractivity contribution >= 4 is 12.9 Å². The molecule has 0 radical (unpaired) electrons. The van der Waals surface area contributed by atoms with Gasteiger partial charge in [0.25, 0.3) is 0 Å². The van der Waals surface area contributed by atoms with E-state index in [4.69, 9.17) is 0 Å². The minimum absolute atomic E-state index is 1.47. The molecule has 0 aromatic carbocycles. The molecule has 0 fully saturated rings. The van der Waals surface area contributed by atoms with Gasteiger partial charge in [-0.05, 0) is 6.08 Å². The Balaban J connectivity index is 3.17. The molecule has 0 unspecified atom stereocenters. The van der Waals surface area contributed by atoms with Crippen LogP contribution in [0.4, 0.5) is 0 Å². The fourth-order valence-electron chi connectivity index (χ4n) is 0.0943. The van der Waals surface area contributed by atoms with E-state index >= 15 is 0 Å². The summed E-state index contributed by atoms with van der Waals surface area (Å²) in [7, 11) is 0. The Morgan fingerprint density at radius 1 is 1.50 bits per heavy atom. The number of allylic oxidation sites excluding steroid dienone is 1. The van der Waals surface area contributed by atoms with Gasteiger partial charge < -0.3 is 0 Å². The van der Waals surface area contributed by atoms with Crippen molar-refractivity contribution in [3.05, 3.63) is 12.7 Å². The molecule has 0 amide bonds. The van der Waals surface area contributed by atoms with Gasteiger partial charge in [0, 0.05) is 12.9 Å². The van der Waals surface area contributed by atoms with Crippen LogP contribution in [0.1, 0.15) is 0 Å². The molecule has 0 aliphatic heterocycles. The lowest BCUT2D eigenvalue weighted by molar-refractivity contribution is 1.28. The molecule has 0 spiro atoms. The lowest BCUT2D eigenvalue weighted by Crippen LogP contribution is -1.53. The van der Waals surface area contributed by atoms with E-state index in [1.807, 2.05) is 0 Å². The van der Waals surface area contributed by atoms with E-state index in [0.29, 0.717) is 0 Å². The van der Waals surface area contributed by atoms with Gasteiger partial charge in [-0.1, -0.05) is 6.58 Å². The zero-order valence-corrected chi connectivity index (χ0v) is 3.46. The second-order valence-electron chi connectivity index (χ2n) is 0.642. The van der Waals surface area contributed by atoms with E-state index in [9.17, 15) is 0 Å². The maximum absolute atomic E-state index is 3.36.